The number of para-hydroxylation sites is 6. The summed E-state index contributed by atoms with van der Waals surface area (Å²) in [6, 6.07) is 52.0. The Hall–Kier alpha value is -8.21. The number of benzene rings is 7. The number of aryl methyl sites for hydroxylation is 1. The van der Waals surface area contributed by atoms with Crippen LogP contribution in [0.1, 0.15) is 62.4 Å². The zero-order valence-corrected chi connectivity index (χ0v) is 41.9. The normalized spacial score (nSPS) is 20.2. The first-order valence-electron chi connectivity index (χ1n) is 24.8. The molecule has 1 fully saturated rings. The van der Waals surface area contributed by atoms with Crippen LogP contribution in [0.15, 0.2) is 176 Å². The van der Waals surface area contributed by atoms with Crippen molar-refractivity contribution >= 4 is 54.5 Å². The number of rotatable bonds is 11. The number of amides is 3. The lowest BCUT2D eigenvalue weighted by Gasteiger charge is -2.32. The van der Waals surface area contributed by atoms with Gasteiger partial charge in [0.2, 0.25) is 0 Å². The predicted molar refractivity (Wildman–Crippen MR) is 282 cm³/mol. The van der Waals surface area contributed by atoms with Crippen molar-refractivity contribution in [3.63, 3.8) is 0 Å². The van der Waals surface area contributed by atoms with Gasteiger partial charge in [-0.1, -0.05) is 103 Å². The molecule has 4 aliphatic rings. The smallest absolute Gasteiger partial charge is 0.266 e. The van der Waals surface area contributed by atoms with E-state index < -0.39 is 31.5 Å². The van der Waals surface area contributed by atoms with E-state index in [1.165, 1.54) is 0 Å². The van der Waals surface area contributed by atoms with Crippen LogP contribution in [-0.4, -0.2) is 63.6 Å². The Morgan fingerprint density at radius 3 is 1.82 bits per heavy atom. The molecule has 1 saturated heterocycles. The second kappa shape index (κ2) is 18.4. The lowest BCUT2D eigenvalue weighted by Crippen LogP contribution is -2.46. The molecule has 12 rings (SSSR count). The van der Waals surface area contributed by atoms with Crippen LogP contribution in [-0.2, 0) is 28.2 Å². The van der Waals surface area contributed by atoms with Crippen LogP contribution < -0.4 is 24.2 Å². The molecular weight excluding hydrogens is 949 g/mol. The first kappa shape index (κ1) is 46.8. The van der Waals surface area contributed by atoms with E-state index >= 15 is 4.79 Å². The maximum absolute atomic E-state index is 15.9. The van der Waals surface area contributed by atoms with E-state index in [-0.39, 0.29) is 36.8 Å². The van der Waals surface area contributed by atoms with Gasteiger partial charge in [0.1, 0.15) is 11.5 Å². The molecule has 14 nitrogen and oxygen atoms in total. The highest BCUT2D eigenvalue weighted by Crippen LogP contribution is 2.61. The molecule has 0 aliphatic carbocycles. The van der Waals surface area contributed by atoms with Gasteiger partial charge in [0.15, 0.2) is 25.4 Å². The van der Waals surface area contributed by atoms with Gasteiger partial charge < -0.3 is 29.0 Å². The number of carbonyl (C=O) groups is 3. The Kier molecular flexibility index (Phi) is 11.6. The van der Waals surface area contributed by atoms with Crippen LogP contribution in [0, 0.1) is 5.92 Å². The zero-order valence-electron chi connectivity index (χ0n) is 40.9. The molecule has 2 N–H and O–H groups in total. The third-order valence-corrected chi connectivity index (χ3v) is 17.5. The summed E-state index contributed by atoms with van der Waals surface area (Å²) in [6.07, 6.45) is 1.64. The SMILES string of the molecule is C[C@H]1[C@H]([Si](C)(C)O)[C@@H](CCn2cc(C(CO)c3ccccc3)nn2)O[C@]12C(=O)N(Cc1ccc(N3C(=O)c4ccccc4Oc4ccccc43)cc1)c1ccc(N3C(=O)c4ccccc4Oc4ccccc43)cc12. The Labute approximate surface area is 428 Å². The van der Waals surface area contributed by atoms with Gasteiger partial charge in [0.05, 0.1) is 59.1 Å². The second-order valence-corrected chi connectivity index (χ2v) is 23.8. The number of hydrogen-bond donors (Lipinski definition) is 2. The summed E-state index contributed by atoms with van der Waals surface area (Å²) >= 11 is 0. The van der Waals surface area contributed by atoms with Gasteiger partial charge in [-0.3, -0.25) is 28.9 Å². The second-order valence-electron chi connectivity index (χ2n) is 19.9. The number of carbonyl (C=O) groups excluding carboxylic acids is 3. The topological polar surface area (TPSA) is 160 Å². The van der Waals surface area contributed by atoms with Gasteiger partial charge in [-0.2, -0.15) is 0 Å². The molecule has 5 heterocycles. The van der Waals surface area contributed by atoms with E-state index in [2.05, 4.69) is 10.3 Å². The van der Waals surface area contributed by atoms with Gasteiger partial charge in [-0.05, 0) is 110 Å². The largest absolute Gasteiger partial charge is 0.454 e. The fourth-order valence-corrected chi connectivity index (χ4v) is 14.2. The number of hydrogen-bond acceptors (Lipinski definition) is 10. The number of ether oxygens (including phenoxy) is 3. The minimum absolute atomic E-state index is 0.143. The molecule has 4 aliphatic heterocycles. The quantitative estimate of drug-likeness (QED) is 0.119. The van der Waals surface area contributed by atoms with Gasteiger partial charge in [0.25, 0.3) is 17.7 Å². The highest BCUT2D eigenvalue weighted by molar-refractivity contribution is 6.71. The molecule has 0 saturated carbocycles. The number of anilines is 5. The Balaban J connectivity index is 0.925. The Morgan fingerprint density at radius 1 is 0.662 bits per heavy atom. The van der Waals surface area contributed by atoms with Crippen LogP contribution in [0.2, 0.25) is 18.6 Å². The van der Waals surface area contributed by atoms with Crippen molar-refractivity contribution < 1.29 is 38.5 Å². The lowest BCUT2D eigenvalue weighted by atomic mass is 9.82. The van der Waals surface area contributed by atoms with Crippen molar-refractivity contribution in [2.75, 3.05) is 21.3 Å². The average Bonchev–Trinajstić information content (AvgIpc) is 4.03. The van der Waals surface area contributed by atoms with Crippen molar-refractivity contribution in [1.82, 2.24) is 15.0 Å². The molecule has 370 valence electrons. The molecule has 1 spiro atoms. The number of aromatic nitrogens is 3. The third-order valence-electron chi connectivity index (χ3n) is 15.0. The number of nitrogens with zero attached hydrogens (tertiary/aromatic N) is 6. The van der Waals surface area contributed by atoms with Crippen LogP contribution in [0.4, 0.5) is 28.4 Å². The molecular formula is C59H52N6O8Si. The van der Waals surface area contributed by atoms with Gasteiger partial charge in [-0.25, -0.2) is 0 Å². The summed E-state index contributed by atoms with van der Waals surface area (Å²) in [5, 5.41) is 19.3. The summed E-state index contributed by atoms with van der Waals surface area (Å²) in [4.78, 5) is 62.2. The van der Waals surface area contributed by atoms with E-state index in [1.54, 1.807) is 49.7 Å². The van der Waals surface area contributed by atoms with E-state index in [4.69, 9.17) is 14.2 Å². The average molecular weight is 1000 g/mol. The highest BCUT2D eigenvalue weighted by Gasteiger charge is 2.66. The van der Waals surface area contributed by atoms with E-state index in [0.717, 1.165) is 11.1 Å². The van der Waals surface area contributed by atoms with Crippen molar-refractivity contribution in [2.24, 2.45) is 5.92 Å². The molecule has 1 unspecified atom stereocenters. The van der Waals surface area contributed by atoms with Crippen molar-refractivity contribution in [3.05, 3.63) is 210 Å². The molecule has 5 atom stereocenters. The van der Waals surface area contributed by atoms with Crippen molar-refractivity contribution in [3.8, 4) is 23.0 Å². The molecule has 0 radical (unpaired) electrons. The number of fused-ring (bicyclic) bond motifs is 6. The Morgan fingerprint density at radius 2 is 1.22 bits per heavy atom. The number of aliphatic hydroxyl groups excluding tert-OH is 1. The van der Waals surface area contributed by atoms with Crippen LogP contribution in [0.25, 0.3) is 0 Å². The molecule has 7 aromatic carbocycles. The van der Waals surface area contributed by atoms with Gasteiger partial charge in [0, 0.05) is 41.1 Å². The first-order chi connectivity index (χ1) is 35.9. The van der Waals surface area contributed by atoms with Crippen LogP contribution >= 0.6 is 0 Å². The molecule has 0 bridgehead atoms. The maximum atomic E-state index is 15.9. The Bertz CT molecular complexity index is 3490. The molecule has 74 heavy (non-hydrogen) atoms. The van der Waals surface area contributed by atoms with E-state index in [0.29, 0.717) is 86.8 Å². The summed E-state index contributed by atoms with van der Waals surface area (Å²) in [5.41, 5.74) is 4.62. The van der Waals surface area contributed by atoms with Gasteiger partial charge in [-0.15, -0.1) is 5.10 Å². The molecule has 3 amide bonds. The fraction of sp³-hybridized carbons (Fsp3) is 0.203. The van der Waals surface area contributed by atoms with Crippen molar-refractivity contribution in [1.29, 1.82) is 0 Å². The van der Waals surface area contributed by atoms with Gasteiger partial charge >= 0.3 is 0 Å². The first-order valence-corrected chi connectivity index (χ1v) is 27.9. The van der Waals surface area contributed by atoms with Crippen LogP contribution in [0.5, 0.6) is 23.0 Å². The third kappa shape index (κ3) is 7.78. The van der Waals surface area contributed by atoms with E-state index in [9.17, 15) is 19.5 Å². The monoisotopic (exact) mass is 1000 g/mol. The predicted octanol–water partition coefficient (Wildman–Crippen LogP) is 11.0. The minimum Gasteiger partial charge on any atom is -0.454 e. The van der Waals surface area contributed by atoms with E-state index in [1.807, 2.05) is 166 Å². The lowest BCUT2D eigenvalue weighted by molar-refractivity contribution is -0.146. The van der Waals surface area contributed by atoms with Crippen molar-refractivity contribution in [2.45, 2.75) is 62.7 Å². The fourth-order valence-electron chi connectivity index (χ4n) is 11.6. The summed E-state index contributed by atoms with van der Waals surface area (Å²) in [7, 11) is -3.12. The standard InChI is InChI=1S/C59H52N6O8Si/c1-37-55(74(2,3)70)54(31-32-62-35-46(60-61-62)44(36-66)39-15-5-4-6-16-39)73-59(37)45-33-41(65-49-20-10-14-24-53(49)72-51-22-12-8-18-43(51)57(65)68)29-30-47(45)63(58(59)69)34-38-25-27-40(28-26-38)64-48-19-9-13-23-52(48)71-50-21-11-7-17-42(50)56(64)67/h4-30,33,35,37,44,54-55,66,70H,31-32,34,36H2,1-3H3/t37-,44?,54+,55-,59+/m0/s1. The molecule has 8 aromatic rings. The highest BCUT2D eigenvalue weighted by atomic mass is 28.4. The number of aliphatic hydroxyl groups is 1. The molecule has 15 heteroatoms. The molecule has 1 aromatic heterocycles. The zero-order chi connectivity index (χ0) is 50.9. The summed E-state index contributed by atoms with van der Waals surface area (Å²) < 4.78 is 21.7. The minimum atomic E-state index is -3.12. The summed E-state index contributed by atoms with van der Waals surface area (Å²) in [6.45, 7) is 6.15. The maximum Gasteiger partial charge on any atom is 0.266 e. The summed E-state index contributed by atoms with van der Waals surface area (Å²) in [5.74, 6) is 0.229. The van der Waals surface area contributed by atoms with Crippen LogP contribution in [0.3, 0.4) is 0 Å².